The number of hydrogen-bond acceptors (Lipinski definition) is 5. The molecule has 3 aromatic carbocycles. The molecule has 0 aliphatic rings. The van der Waals surface area contributed by atoms with E-state index in [0.29, 0.717) is 16.3 Å². The molecule has 0 bridgehead atoms. The Balaban J connectivity index is 1.48. The number of halogens is 2. The van der Waals surface area contributed by atoms with Crippen molar-refractivity contribution in [2.45, 2.75) is 0 Å². The lowest BCUT2D eigenvalue weighted by molar-refractivity contribution is -0.123. The highest BCUT2D eigenvalue weighted by Gasteiger charge is 2.13. The number of nitrogens with zero attached hydrogens (tertiary/aromatic N) is 1. The SMILES string of the molecule is O=C(COc1cccc(Cl)c1)N/N=C\c1ccc(OC(=O)c2ccccc2F)cc1. The zero-order chi connectivity index (χ0) is 21.3. The first-order chi connectivity index (χ1) is 14.5. The van der Waals surface area contributed by atoms with Crippen LogP contribution in [0.15, 0.2) is 77.9 Å². The maximum atomic E-state index is 13.6. The van der Waals surface area contributed by atoms with E-state index in [0.717, 1.165) is 0 Å². The molecule has 152 valence electrons. The van der Waals surface area contributed by atoms with Crippen molar-refractivity contribution >= 4 is 29.7 Å². The maximum absolute atomic E-state index is 13.6. The predicted molar refractivity (Wildman–Crippen MR) is 110 cm³/mol. The molecule has 0 saturated heterocycles. The highest BCUT2D eigenvalue weighted by atomic mass is 35.5. The van der Waals surface area contributed by atoms with Gasteiger partial charge in [-0.05, 0) is 60.2 Å². The fourth-order valence-electron chi connectivity index (χ4n) is 2.33. The van der Waals surface area contributed by atoms with Crippen LogP contribution in [0.4, 0.5) is 4.39 Å². The van der Waals surface area contributed by atoms with Gasteiger partial charge in [-0.15, -0.1) is 0 Å². The van der Waals surface area contributed by atoms with Gasteiger partial charge in [-0.1, -0.05) is 29.8 Å². The van der Waals surface area contributed by atoms with Crippen LogP contribution in [0.3, 0.4) is 0 Å². The van der Waals surface area contributed by atoms with Gasteiger partial charge in [0.05, 0.1) is 11.8 Å². The van der Waals surface area contributed by atoms with Gasteiger partial charge in [0.1, 0.15) is 17.3 Å². The standard InChI is InChI=1S/C22H16ClFN2O4/c23-16-4-3-5-18(12-16)29-14-21(27)26-25-13-15-8-10-17(11-9-15)30-22(28)19-6-1-2-7-20(19)24/h1-13H,14H2,(H,26,27)/b25-13-. The van der Waals surface area contributed by atoms with Crippen LogP contribution < -0.4 is 14.9 Å². The molecule has 3 rings (SSSR count). The van der Waals surface area contributed by atoms with Crippen LogP contribution in [0.1, 0.15) is 15.9 Å². The first kappa shape index (κ1) is 21.0. The third-order valence-corrected chi connectivity index (χ3v) is 3.99. The molecular formula is C22H16ClFN2O4. The Morgan fingerprint density at radius 3 is 2.50 bits per heavy atom. The molecule has 1 amide bonds. The van der Waals surface area contributed by atoms with Gasteiger partial charge in [-0.25, -0.2) is 14.6 Å². The molecule has 6 nitrogen and oxygen atoms in total. The van der Waals surface area contributed by atoms with Gasteiger partial charge in [0.15, 0.2) is 6.61 Å². The molecule has 0 radical (unpaired) electrons. The molecule has 0 unspecified atom stereocenters. The molecule has 0 spiro atoms. The average molecular weight is 427 g/mol. The Morgan fingerprint density at radius 2 is 1.77 bits per heavy atom. The Bertz CT molecular complexity index is 1070. The van der Waals surface area contributed by atoms with Crippen LogP contribution >= 0.6 is 11.6 Å². The van der Waals surface area contributed by atoms with Crippen LogP contribution in [0.5, 0.6) is 11.5 Å². The van der Waals surface area contributed by atoms with E-state index >= 15 is 0 Å². The molecule has 1 N–H and O–H groups in total. The molecule has 3 aromatic rings. The van der Waals surface area contributed by atoms with Crippen LogP contribution in [-0.2, 0) is 4.79 Å². The third-order valence-electron chi connectivity index (χ3n) is 3.75. The number of ether oxygens (including phenoxy) is 2. The van der Waals surface area contributed by atoms with Crippen molar-refractivity contribution in [3.63, 3.8) is 0 Å². The number of carbonyl (C=O) groups is 2. The van der Waals surface area contributed by atoms with Crippen molar-refractivity contribution in [1.29, 1.82) is 0 Å². The number of amides is 1. The minimum absolute atomic E-state index is 0.147. The average Bonchev–Trinajstić information content (AvgIpc) is 2.74. The smallest absolute Gasteiger partial charge is 0.346 e. The zero-order valence-electron chi connectivity index (χ0n) is 15.5. The van der Waals surface area contributed by atoms with Gasteiger partial charge in [0.2, 0.25) is 0 Å². The van der Waals surface area contributed by atoms with E-state index in [2.05, 4.69) is 10.5 Å². The quantitative estimate of drug-likeness (QED) is 0.265. The molecule has 0 aromatic heterocycles. The molecule has 0 heterocycles. The Hall–Kier alpha value is -3.71. The number of nitrogens with one attached hydrogen (secondary N) is 1. The predicted octanol–water partition coefficient (Wildman–Crippen LogP) is 4.23. The van der Waals surface area contributed by atoms with Gasteiger partial charge in [-0.3, -0.25) is 4.79 Å². The van der Waals surface area contributed by atoms with Crippen LogP contribution in [-0.4, -0.2) is 24.7 Å². The summed E-state index contributed by atoms with van der Waals surface area (Å²) in [5.41, 5.74) is 2.84. The largest absolute Gasteiger partial charge is 0.484 e. The molecule has 0 fully saturated rings. The number of carbonyl (C=O) groups excluding carboxylic acids is 2. The van der Waals surface area contributed by atoms with Crippen molar-refractivity contribution in [3.05, 3.63) is 94.8 Å². The van der Waals surface area contributed by atoms with Gasteiger partial charge >= 0.3 is 5.97 Å². The molecule has 8 heteroatoms. The van der Waals surface area contributed by atoms with Crippen LogP contribution in [0, 0.1) is 5.82 Å². The molecular weight excluding hydrogens is 411 g/mol. The summed E-state index contributed by atoms with van der Waals surface area (Å²) in [5, 5.41) is 4.34. The van der Waals surface area contributed by atoms with Crippen molar-refractivity contribution < 1.29 is 23.5 Å². The Labute approximate surface area is 176 Å². The lowest BCUT2D eigenvalue weighted by atomic mass is 10.2. The summed E-state index contributed by atoms with van der Waals surface area (Å²) in [5.74, 6) is -1.16. The summed E-state index contributed by atoms with van der Waals surface area (Å²) in [6, 6.07) is 18.6. The topological polar surface area (TPSA) is 77.0 Å². The fraction of sp³-hybridized carbons (Fsp3) is 0.0455. The minimum atomic E-state index is -0.790. The molecule has 0 aliphatic carbocycles. The summed E-state index contributed by atoms with van der Waals surface area (Å²) >= 11 is 5.84. The second-order valence-corrected chi connectivity index (χ2v) is 6.41. The highest BCUT2D eigenvalue weighted by Crippen LogP contribution is 2.17. The van der Waals surface area contributed by atoms with E-state index in [1.165, 1.54) is 36.5 Å². The second kappa shape index (κ2) is 10.2. The first-order valence-corrected chi connectivity index (χ1v) is 9.16. The van der Waals surface area contributed by atoms with Crippen molar-refractivity contribution in [2.75, 3.05) is 6.61 Å². The van der Waals surface area contributed by atoms with E-state index in [1.54, 1.807) is 42.5 Å². The number of rotatable bonds is 7. The van der Waals surface area contributed by atoms with Crippen molar-refractivity contribution in [1.82, 2.24) is 5.43 Å². The van der Waals surface area contributed by atoms with E-state index in [9.17, 15) is 14.0 Å². The number of hydrazone groups is 1. The maximum Gasteiger partial charge on any atom is 0.346 e. The molecule has 0 atom stereocenters. The van der Waals surface area contributed by atoms with Crippen molar-refractivity contribution in [3.8, 4) is 11.5 Å². The lowest BCUT2D eigenvalue weighted by Gasteiger charge is -2.06. The van der Waals surface area contributed by atoms with Crippen molar-refractivity contribution in [2.24, 2.45) is 5.10 Å². The van der Waals surface area contributed by atoms with Gasteiger partial charge in [0.25, 0.3) is 5.91 Å². The monoisotopic (exact) mass is 426 g/mol. The Kier molecular flexibility index (Phi) is 7.13. The summed E-state index contributed by atoms with van der Waals surface area (Å²) in [6.07, 6.45) is 1.42. The van der Waals surface area contributed by atoms with E-state index < -0.39 is 17.7 Å². The summed E-state index contributed by atoms with van der Waals surface area (Å²) < 4.78 is 24.1. The van der Waals surface area contributed by atoms with Gasteiger partial charge in [0, 0.05) is 5.02 Å². The first-order valence-electron chi connectivity index (χ1n) is 8.78. The second-order valence-electron chi connectivity index (χ2n) is 5.98. The normalized spacial score (nSPS) is 10.6. The minimum Gasteiger partial charge on any atom is -0.484 e. The number of hydrogen-bond donors (Lipinski definition) is 1. The molecule has 30 heavy (non-hydrogen) atoms. The molecule has 0 saturated carbocycles. The van der Waals surface area contributed by atoms with Gasteiger partial charge in [-0.2, -0.15) is 5.10 Å². The van der Waals surface area contributed by atoms with Gasteiger partial charge < -0.3 is 9.47 Å². The lowest BCUT2D eigenvalue weighted by Crippen LogP contribution is -2.24. The van der Waals surface area contributed by atoms with Crippen LogP contribution in [0.2, 0.25) is 5.02 Å². The van der Waals surface area contributed by atoms with E-state index in [1.807, 2.05) is 0 Å². The fourth-order valence-corrected chi connectivity index (χ4v) is 2.51. The van der Waals surface area contributed by atoms with Crippen LogP contribution in [0.25, 0.3) is 0 Å². The number of benzene rings is 3. The summed E-state index contributed by atoms with van der Waals surface area (Å²) in [7, 11) is 0. The molecule has 0 aliphatic heterocycles. The summed E-state index contributed by atoms with van der Waals surface area (Å²) in [6.45, 7) is -0.220. The number of esters is 1. The van der Waals surface area contributed by atoms with E-state index in [4.69, 9.17) is 21.1 Å². The zero-order valence-corrected chi connectivity index (χ0v) is 16.3. The summed E-state index contributed by atoms with van der Waals surface area (Å²) in [4.78, 5) is 23.8. The van der Waals surface area contributed by atoms with E-state index in [-0.39, 0.29) is 17.9 Å². The highest BCUT2D eigenvalue weighted by molar-refractivity contribution is 6.30. The third kappa shape index (κ3) is 6.15. The Morgan fingerprint density at radius 1 is 1.00 bits per heavy atom.